The number of nitrogens with one attached hydrogen (secondary N) is 2. The molecule has 0 saturated heterocycles. The van der Waals surface area contributed by atoms with Crippen molar-refractivity contribution in [3.63, 3.8) is 0 Å². The molecular formula is C11H20N4O5. The highest BCUT2D eigenvalue weighted by atomic mass is 16.4. The minimum Gasteiger partial charge on any atom is -0.548 e. The van der Waals surface area contributed by atoms with Gasteiger partial charge in [-0.2, -0.15) is 0 Å². The van der Waals surface area contributed by atoms with Crippen LogP contribution in [-0.4, -0.2) is 41.8 Å². The number of carboxylic acid groups (broad SMARTS) is 1. The van der Waals surface area contributed by atoms with E-state index in [-0.39, 0.29) is 12.8 Å². The largest absolute Gasteiger partial charge is 0.548 e. The van der Waals surface area contributed by atoms with Gasteiger partial charge in [-0.1, -0.05) is 0 Å². The molecule has 0 radical (unpaired) electrons. The van der Waals surface area contributed by atoms with Gasteiger partial charge < -0.3 is 32.0 Å². The van der Waals surface area contributed by atoms with Crippen LogP contribution in [0.15, 0.2) is 0 Å². The zero-order valence-corrected chi connectivity index (χ0v) is 11.5. The van der Waals surface area contributed by atoms with E-state index in [2.05, 4.69) is 16.4 Å². The summed E-state index contributed by atoms with van der Waals surface area (Å²) in [7, 11) is 0. The van der Waals surface area contributed by atoms with Crippen LogP contribution < -0.4 is 27.2 Å². The molecule has 3 amide bonds. The van der Waals surface area contributed by atoms with Crippen LogP contribution >= 0.6 is 0 Å². The molecule has 0 aromatic rings. The second-order valence-electron chi connectivity index (χ2n) is 4.52. The summed E-state index contributed by atoms with van der Waals surface area (Å²) in [6, 6.07) is -2.81. The maximum absolute atomic E-state index is 11.7. The number of rotatable bonds is 8. The second-order valence-corrected chi connectivity index (χ2v) is 4.52. The number of carbonyl (C=O) groups excluding carboxylic acids is 4. The Balaban J connectivity index is 4.48. The SMILES string of the molecule is C[C@H]([NH3+])C(=O)N[C@@H](C)C(=O)N[C@@H](CCC(N)=O)C(=O)[O-]. The van der Waals surface area contributed by atoms with Gasteiger partial charge in [0.2, 0.25) is 11.8 Å². The molecule has 0 heterocycles. The highest BCUT2D eigenvalue weighted by Crippen LogP contribution is 1.97. The average Bonchev–Trinajstić information content (AvgIpc) is 2.32. The van der Waals surface area contributed by atoms with E-state index in [0.717, 1.165) is 0 Å². The lowest BCUT2D eigenvalue weighted by Crippen LogP contribution is -2.67. The Morgan fingerprint density at radius 2 is 1.70 bits per heavy atom. The topological polar surface area (TPSA) is 169 Å². The highest BCUT2D eigenvalue weighted by molar-refractivity contribution is 5.90. The summed E-state index contributed by atoms with van der Waals surface area (Å²) in [5.41, 5.74) is 8.39. The summed E-state index contributed by atoms with van der Waals surface area (Å²) < 4.78 is 0. The Morgan fingerprint density at radius 1 is 1.15 bits per heavy atom. The smallest absolute Gasteiger partial charge is 0.278 e. The Bertz CT molecular complexity index is 396. The van der Waals surface area contributed by atoms with E-state index in [0.29, 0.717) is 0 Å². The van der Waals surface area contributed by atoms with E-state index in [1.54, 1.807) is 6.92 Å². The molecule has 3 atom stereocenters. The molecule has 0 aromatic carbocycles. The van der Waals surface area contributed by atoms with Crippen LogP contribution in [0.5, 0.6) is 0 Å². The normalized spacial score (nSPS) is 14.8. The molecule has 0 spiro atoms. The molecule has 0 unspecified atom stereocenters. The third kappa shape index (κ3) is 6.69. The summed E-state index contributed by atoms with van der Waals surface area (Å²) >= 11 is 0. The fourth-order valence-corrected chi connectivity index (χ4v) is 1.25. The lowest BCUT2D eigenvalue weighted by Gasteiger charge is -2.22. The summed E-state index contributed by atoms with van der Waals surface area (Å²) in [5, 5.41) is 15.4. The molecule has 0 bridgehead atoms. The predicted octanol–water partition coefficient (Wildman–Crippen LogP) is -4.38. The quantitative estimate of drug-likeness (QED) is 0.353. The zero-order valence-electron chi connectivity index (χ0n) is 11.5. The van der Waals surface area contributed by atoms with Crippen LogP contribution in [0.25, 0.3) is 0 Å². The van der Waals surface area contributed by atoms with E-state index in [1.165, 1.54) is 6.92 Å². The van der Waals surface area contributed by atoms with Crippen molar-refractivity contribution < 1.29 is 30.0 Å². The van der Waals surface area contributed by atoms with Gasteiger partial charge in [0.15, 0.2) is 6.04 Å². The maximum Gasteiger partial charge on any atom is 0.278 e. The van der Waals surface area contributed by atoms with Crippen molar-refractivity contribution in [1.29, 1.82) is 0 Å². The maximum atomic E-state index is 11.7. The van der Waals surface area contributed by atoms with Gasteiger partial charge in [-0.3, -0.25) is 14.4 Å². The van der Waals surface area contributed by atoms with Crippen molar-refractivity contribution in [1.82, 2.24) is 10.6 Å². The van der Waals surface area contributed by atoms with E-state index in [4.69, 9.17) is 5.73 Å². The molecule has 0 aliphatic carbocycles. The number of hydrogen-bond acceptors (Lipinski definition) is 5. The first-order valence-electron chi connectivity index (χ1n) is 6.08. The monoisotopic (exact) mass is 288 g/mol. The number of hydrogen-bond donors (Lipinski definition) is 4. The minimum absolute atomic E-state index is 0.171. The van der Waals surface area contributed by atoms with Crippen LogP contribution in [0, 0.1) is 0 Å². The van der Waals surface area contributed by atoms with Gasteiger partial charge in [0.05, 0.1) is 12.0 Å². The molecule has 0 fully saturated rings. The van der Waals surface area contributed by atoms with Gasteiger partial charge >= 0.3 is 0 Å². The molecule has 7 N–H and O–H groups in total. The lowest BCUT2D eigenvalue weighted by atomic mass is 10.1. The minimum atomic E-state index is -1.52. The predicted molar refractivity (Wildman–Crippen MR) is 65.3 cm³/mol. The van der Waals surface area contributed by atoms with Gasteiger partial charge in [0.25, 0.3) is 5.91 Å². The van der Waals surface area contributed by atoms with Gasteiger partial charge in [-0.05, 0) is 20.3 Å². The lowest BCUT2D eigenvalue weighted by molar-refractivity contribution is -0.398. The van der Waals surface area contributed by atoms with Crippen LogP contribution in [0.1, 0.15) is 26.7 Å². The van der Waals surface area contributed by atoms with Gasteiger partial charge in [-0.15, -0.1) is 0 Å². The van der Waals surface area contributed by atoms with Crippen LogP contribution in [0.4, 0.5) is 0 Å². The van der Waals surface area contributed by atoms with Gasteiger partial charge in [-0.25, -0.2) is 0 Å². The molecule has 0 aliphatic rings. The van der Waals surface area contributed by atoms with Crippen molar-refractivity contribution in [3.05, 3.63) is 0 Å². The Labute approximate surface area is 116 Å². The number of carbonyl (C=O) groups is 4. The van der Waals surface area contributed by atoms with Crippen molar-refractivity contribution >= 4 is 23.7 Å². The fraction of sp³-hybridized carbons (Fsp3) is 0.636. The first kappa shape index (κ1) is 17.8. The van der Waals surface area contributed by atoms with E-state index in [9.17, 15) is 24.3 Å². The van der Waals surface area contributed by atoms with E-state index < -0.39 is 41.8 Å². The molecule has 9 heteroatoms. The number of amides is 3. The van der Waals surface area contributed by atoms with Crippen LogP contribution in [0.3, 0.4) is 0 Å². The van der Waals surface area contributed by atoms with Gasteiger partial charge in [0.1, 0.15) is 6.04 Å². The van der Waals surface area contributed by atoms with Gasteiger partial charge in [0, 0.05) is 6.42 Å². The fourth-order valence-electron chi connectivity index (χ4n) is 1.25. The molecule has 20 heavy (non-hydrogen) atoms. The zero-order chi connectivity index (χ0) is 15.9. The number of nitrogens with two attached hydrogens (primary N) is 1. The molecule has 0 saturated carbocycles. The van der Waals surface area contributed by atoms with Crippen molar-refractivity contribution in [2.45, 2.75) is 44.8 Å². The average molecular weight is 288 g/mol. The van der Waals surface area contributed by atoms with Crippen molar-refractivity contribution in [2.24, 2.45) is 5.73 Å². The molecule has 9 nitrogen and oxygen atoms in total. The van der Waals surface area contributed by atoms with Crippen molar-refractivity contribution in [2.75, 3.05) is 0 Å². The third-order valence-corrected chi connectivity index (χ3v) is 2.48. The molecule has 0 rings (SSSR count). The first-order chi connectivity index (χ1) is 9.15. The molecular weight excluding hydrogens is 268 g/mol. The molecule has 114 valence electrons. The summed E-state index contributed by atoms with van der Waals surface area (Å²) in [6.07, 6.45) is -0.370. The summed E-state index contributed by atoms with van der Waals surface area (Å²) in [4.78, 5) is 44.5. The Morgan fingerprint density at radius 3 is 2.10 bits per heavy atom. The van der Waals surface area contributed by atoms with Crippen LogP contribution in [-0.2, 0) is 19.2 Å². The summed E-state index contributed by atoms with van der Waals surface area (Å²) in [6.45, 7) is 2.95. The Kier molecular flexibility index (Phi) is 7.22. The van der Waals surface area contributed by atoms with Crippen molar-refractivity contribution in [3.8, 4) is 0 Å². The number of carboxylic acids is 1. The number of quaternary nitrogens is 1. The summed E-state index contributed by atoms with van der Waals surface area (Å²) in [5.74, 6) is -3.34. The van der Waals surface area contributed by atoms with Crippen LogP contribution in [0.2, 0.25) is 0 Å². The van der Waals surface area contributed by atoms with E-state index in [1.807, 2.05) is 0 Å². The third-order valence-electron chi connectivity index (χ3n) is 2.48. The number of primary amides is 1. The highest BCUT2D eigenvalue weighted by Gasteiger charge is 2.22. The second kappa shape index (κ2) is 8.10. The standard InChI is InChI=1S/C11H20N4O5/c1-5(12)9(17)14-6(2)10(18)15-7(11(19)20)3-4-8(13)16/h5-7H,3-4,12H2,1-2H3,(H2,13,16)(H,14,17)(H,15,18)(H,19,20)/t5-,6-,7-/m0/s1. The first-order valence-corrected chi connectivity index (χ1v) is 6.08. The van der Waals surface area contributed by atoms with E-state index >= 15 is 0 Å². The molecule has 0 aromatic heterocycles. The Hall–Kier alpha value is -2.16. The molecule has 0 aliphatic heterocycles. The number of aliphatic carboxylic acids is 1.